The average molecular weight is 501 g/mol. The molecule has 4 rings (SSSR count). The summed E-state index contributed by atoms with van der Waals surface area (Å²) >= 11 is 0. The number of carbonyl (C=O) groups excluding carboxylic acids is 2. The van der Waals surface area contributed by atoms with Gasteiger partial charge >= 0.3 is 5.97 Å². The first-order valence-corrected chi connectivity index (χ1v) is 12.1. The molecule has 0 atom stereocenters. The molecule has 192 valence electrons. The number of methoxy groups -OCH3 is 2. The van der Waals surface area contributed by atoms with Crippen molar-refractivity contribution in [2.45, 2.75) is 39.0 Å². The number of hydrogen-bond donors (Lipinski definition) is 1. The largest absolute Gasteiger partial charge is 0.497 e. The molecule has 6 heteroatoms. The van der Waals surface area contributed by atoms with Crippen molar-refractivity contribution in [1.29, 1.82) is 0 Å². The number of ketones is 2. The minimum Gasteiger partial charge on any atom is -0.497 e. The van der Waals surface area contributed by atoms with Gasteiger partial charge in [-0.3, -0.25) is 9.59 Å². The lowest BCUT2D eigenvalue weighted by atomic mass is 10.0. The van der Waals surface area contributed by atoms with Crippen molar-refractivity contribution < 1.29 is 29.0 Å². The molecule has 0 radical (unpaired) electrons. The topological polar surface area (TPSA) is 89.9 Å². The summed E-state index contributed by atoms with van der Waals surface area (Å²) in [5.74, 6) is 0.601. The van der Waals surface area contributed by atoms with E-state index in [1.807, 2.05) is 54.6 Å². The van der Waals surface area contributed by atoms with Crippen molar-refractivity contribution in [3.63, 3.8) is 0 Å². The number of Topliss-reactive ketones (excluding diaryl/α,β-unsaturated/α-hetero) is 2. The average Bonchev–Trinajstić information content (AvgIpc) is 2.89. The lowest BCUT2D eigenvalue weighted by Gasteiger charge is -2.05. The first kappa shape index (κ1) is 27.4. The molecule has 4 aromatic rings. The number of ether oxygens (including phenoxy) is 2. The SMILES string of the molecule is COc1ccc2cc(CCC(=O)CC(=O)O)ccc2c1.COc1ccc2cc(CCC(C)=O)ccc2c1. The van der Waals surface area contributed by atoms with Gasteiger partial charge in [-0.25, -0.2) is 0 Å². The van der Waals surface area contributed by atoms with Crippen molar-refractivity contribution >= 4 is 39.1 Å². The molecular formula is C31H32O6. The Bertz CT molecular complexity index is 1410. The summed E-state index contributed by atoms with van der Waals surface area (Å²) in [6.45, 7) is 1.63. The lowest BCUT2D eigenvalue weighted by Crippen LogP contribution is -2.07. The number of hydrogen-bond acceptors (Lipinski definition) is 5. The van der Waals surface area contributed by atoms with Crippen molar-refractivity contribution in [3.8, 4) is 11.5 Å². The molecule has 37 heavy (non-hydrogen) atoms. The molecule has 0 aliphatic carbocycles. The van der Waals surface area contributed by atoms with E-state index in [-0.39, 0.29) is 18.0 Å². The van der Waals surface area contributed by atoms with Crippen molar-refractivity contribution in [2.75, 3.05) is 14.2 Å². The van der Waals surface area contributed by atoms with Crippen LogP contribution in [0, 0.1) is 0 Å². The van der Waals surface area contributed by atoms with E-state index in [0.717, 1.165) is 39.6 Å². The van der Waals surface area contributed by atoms with Crippen LogP contribution in [0.5, 0.6) is 11.5 Å². The zero-order valence-corrected chi connectivity index (χ0v) is 21.5. The Morgan fingerprint density at radius 3 is 1.51 bits per heavy atom. The third kappa shape index (κ3) is 8.46. The summed E-state index contributed by atoms with van der Waals surface area (Å²) in [5.41, 5.74) is 2.24. The molecular weight excluding hydrogens is 468 g/mol. The quantitative estimate of drug-likeness (QED) is 0.261. The third-order valence-electron chi connectivity index (χ3n) is 6.03. The van der Waals surface area contributed by atoms with E-state index in [1.165, 1.54) is 10.9 Å². The molecule has 0 aromatic heterocycles. The van der Waals surface area contributed by atoms with E-state index in [1.54, 1.807) is 21.1 Å². The van der Waals surface area contributed by atoms with Crippen LogP contribution < -0.4 is 9.47 Å². The Labute approximate surface area is 216 Å². The van der Waals surface area contributed by atoms with Crippen molar-refractivity contribution in [1.82, 2.24) is 0 Å². The van der Waals surface area contributed by atoms with Gasteiger partial charge in [-0.05, 0) is 76.7 Å². The number of aliphatic carboxylic acids is 1. The zero-order valence-electron chi connectivity index (χ0n) is 21.5. The van der Waals surface area contributed by atoms with E-state index >= 15 is 0 Å². The molecule has 0 saturated heterocycles. The molecule has 0 aliphatic heterocycles. The van der Waals surface area contributed by atoms with Crippen molar-refractivity contribution in [2.24, 2.45) is 0 Å². The zero-order chi connectivity index (χ0) is 26.8. The van der Waals surface area contributed by atoms with Gasteiger partial charge in [0.2, 0.25) is 0 Å². The molecule has 0 bridgehead atoms. The summed E-state index contributed by atoms with van der Waals surface area (Å²) in [4.78, 5) is 32.7. The first-order valence-electron chi connectivity index (χ1n) is 12.1. The smallest absolute Gasteiger partial charge is 0.310 e. The molecule has 0 spiro atoms. The summed E-state index contributed by atoms with van der Waals surface area (Å²) in [7, 11) is 3.30. The number of aryl methyl sites for hydroxylation is 2. The van der Waals surface area contributed by atoms with Crippen LogP contribution in [0.4, 0.5) is 0 Å². The van der Waals surface area contributed by atoms with Crippen LogP contribution in [0.2, 0.25) is 0 Å². The highest BCUT2D eigenvalue weighted by Gasteiger charge is 2.08. The van der Waals surface area contributed by atoms with Crippen LogP contribution in [0.25, 0.3) is 21.5 Å². The maximum absolute atomic E-state index is 11.4. The first-order chi connectivity index (χ1) is 17.8. The van der Waals surface area contributed by atoms with Gasteiger partial charge in [-0.2, -0.15) is 0 Å². The van der Waals surface area contributed by atoms with Gasteiger partial charge in [0.25, 0.3) is 0 Å². The lowest BCUT2D eigenvalue weighted by molar-refractivity contribution is -0.140. The highest BCUT2D eigenvalue weighted by atomic mass is 16.5. The molecule has 1 N–H and O–H groups in total. The summed E-state index contributed by atoms with van der Waals surface area (Å²) in [6, 6.07) is 24.1. The molecule has 0 fully saturated rings. The molecule has 6 nitrogen and oxygen atoms in total. The fourth-order valence-corrected chi connectivity index (χ4v) is 3.97. The molecule has 0 unspecified atom stereocenters. The highest BCUT2D eigenvalue weighted by molar-refractivity contribution is 5.94. The van der Waals surface area contributed by atoms with E-state index in [9.17, 15) is 14.4 Å². The Balaban J connectivity index is 0.000000208. The standard InChI is InChI=1S/C16H16O4.C15H16O2/c1-20-15-7-5-12-8-11(2-4-13(12)9-15)3-6-14(17)10-16(18)19;1-11(16)3-4-12-5-6-14-10-15(17-2)8-7-13(14)9-12/h2,4-5,7-9H,3,6,10H2,1H3,(H,18,19);5-10H,3-4H2,1-2H3. The number of fused-ring (bicyclic) bond motifs is 2. The summed E-state index contributed by atoms with van der Waals surface area (Å²) in [5, 5.41) is 13.0. The molecule has 4 aromatic carbocycles. The van der Waals surface area contributed by atoms with Gasteiger partial charge < -0.3 is 19.4 Å². The Morgan fingerprint density at radius 1 is 0.649 bits per heavy atom. The van der Waals surface area contributed by atoms with Gasteiger partial charge in [-0.1, -0.05) is 48.5 Å². The van der Waals surface area contributed by atoms with Crippen LogP contribution in [-0.2, 0) is 27.2 Å². The Hall–Kier alpha value is -4.19. The van der Waals surface area contributed by atoms with Crippen LogP contribution in [0.1, 0.15) is 37.3 Å². The Kier molecular flexibility index (Phi) is 9.78. The van der Waals surface area contributed by atoms with E-state index in [0.29, 0.717) is 12.8 Å². The normalized spacial score (nSPS) is 10.5. The molecule has 0 amide bonds. The minimum absolute atomic E-state index is 0.236. The number of rotatable bonds is 10. The maximum Gasteiger partial charge on any atom is 0.310 e. The monoisotopic (exact) mass is 500 g/mol. The second-order valence-corrected chi connectivity index (χ2v) is 8.91. The Morgan fingerprint density at radius 2 is 1.08 bits per heavy atom. The maximum atomic E-state index is 11.4. The van der Waals surface area contributed by atoms with Gasteiger partial charge in [0.15, 0.2) is 0 Å². The summed E-state index contributed by atoms with van der Waals surface area (Å²) in [6.07, 6.45) is 1.85. The number of carboxylic acid groups (broad SMARTS) is 1. The predicted octanol–water partition coefficient (Wildman–Crippen LogP) is 6.19. The van der Waals surface area contributed by atoms with Crippen LogP contribution in [0.15, 0.2) is 72.8 Å². The highest BCUT2D eigenvalue weighted by Crippen LogP contribution is 2.23. The second-order valence-electron chi connectivity index (χ2n) is 8.91. The number of benzene rings is 4. The van der Waals surface area contributed by atoms with Gasteiger partial charge in [0, 0.05) is 12.8 Å². The molecule has 0 saturated carbocycles. The van der Waals surface area contributed by atoms with Gasteiger partial charge in [0.05, 0.1) is 14.2 Å². The second kappa shape index (κ2) is 13.2. The fourth-order valence-electron chi connectivity index (χ4n) is 3.97. The van der Waals surface area contributed by atoms with E-state index in [4.69, 9.17) is 14.6 Å². The summed E-state index contributed by atoms with van der Waals surface area (Å²) < 4.78 is 10.4. The van der Waals surface area contributed by atoms with Crippen LogP contribution >= 0.6 is 0 Å². The number of carboxylic acids is 1. The minimum atomic E-state index is -1.07. The van der Waals surface area contributed by atoms with E-state index < -0.39 is 12.4 Å². The van der Waals surface area contributed by atoms with Gasteiger partial charge in [-0.15, -0.1) is 0 Å². The third-order valence-corrected chi connectivity index (χ3v) is 6.03. The predicted molar refractivity (Wildman–Crippen MR) is 146 cm³/mol. The van der Waals surface area contributed by atoms with Crippen LogP contribution in [0.3, 0.4) is 0 Å². The van der Waals surface area contributed by atoms with E-state index in [2.05, 4.69) is 18.2 Å². The fraction of sp³-hybridized carbons (Fsp3) is 0.258. The van der Waals surface area contributed by atoms with Crippen LogP contribution in [-0.4, -0.2) is 36.9 Å². The molecule has 0 aliphatic rings. The molecule has 0 heterocycles. The number of carbonyl (C=O) groups is 3. The van der Waals surface area contributed by atoms with Crippen molar-refractivity contribution in [3.05, 3.63) is 83.9 Å². The van der Waals surface area contributed by atoms with Gasteiger partial charge in [0.1, 0.15) is 29.5 Å².